The van der Waals surface area contributed by atoms with Gasteiger partial charge >= 0.3 is 0 Å². The van der Waals surface area contributed by atoms with E-state index in [-0.39, 0.29) is 11.9 Å². The number of halogens is 1. The van der Waals surface area contributed by atoms with Crippen LogP contribution in [0.3, 0.4) is 0 Å². The Balaban J connectivity index is 2.06. The maximum Gasteiger partial charge on any atom is 0.123 e. The highest BCUT2D eigenvalue weighted by molar-refractivity contribution is 7.09. The number of rotatable bonds is 5. The maximum absolute atomic E-state index is 13.1. The van der Waals surface area contributed by atoms with Crippen molar-refractivity contribution in [3.05, 3.63) is 51.2 Å². The third-order valence-electron chi connectivity index (χ3n) is 3.13. The molecule has 2 aromatic rings. The summed E-state index contributed by atoms with van der Waals surface area (Å²) in [6.45, 7) is 3.90. The van der Waals surface area contributed by atoms with Gasteiger partial charge in [0.2, 0.25) is 0 Å². The van der Waals surface area contributed by atoms with Crippen LogP contribution in [0.25, 0.3) is 0 Å². The summed E-state index contributed by atoms with van der Waals surface area (Å²) in [5, 5.41) is 3.11. The van der Waals surface area contributed by atoms with E-state index in [0.717, 1.165) is 34.7 Å². The average molecular weight is 279 g/mol. The molecule has 0 saturated heterocycles. The maximum atomic E-state index is 13.1. The van der Waals surface area contributed by atoms with Crippen molar-refractivity contribution in [1.82, 2.24) is 10.4 Å². The van der Waals surface area contributed by atoms with E-state index in [9.17, 15) is 4.39 Å². The number of hydrogen-bond acceptors (Lipinski definition) is 4. The van der Waals surface area contributed by atoms with Gasteiger partial charge in [-0.25, -0.2) is 9.37 Å². The van der Waals surface area contributed by atoms with Gasteiger partial charge < -0.3 is 0 Å². The molecule has 102 valence electrons. The molecule has 2 rings (SSSR count). The van der Waals surface area contributed by atoms with Crippen molar-refractivity contribution >= 4 is 11.3 Å². The van der Waals surface area contributed by atoms with Gasteiger partial charge in [-0.3, -0.25) is 11.3 Å². The molecule has 0 aliphatic rings. The zero-order valence-corrected chi connectivity index (χ0v) is 11.9. The van der Waals surface area contributed by atoms with Crippen LogP contribution >= 0.6 is 11.3 Å². The Bertz CT molecular complexity index is 553. The van der Waals surface area contributed by atoms with Gasteiger partial charge in [0.1, 0.15) is 5.82 Å². The topological polar surface area (TPSA) is 50.9 Å². The van der Waals surface area contributed by atoms with Crippen LogP contribution in [-0.4, -0.2) is 11.0 Å². The first-order chi connectivity index (χ1) is 9.08. The molecule has 1 atom stereocenters. The van der Waals surface area contributed by atoms with E-state index in [1.54, 1.807) is 17.4 Å². The number of nitrogens with two attached hydrogens (primary N) is 1. The van der Waals surface area contributed by atoms with E-state index in [1.807, 2.05) is 19.9 Å². The van der Waals surface area contributed by atoms with Gasteiger partial charge in [0, 0.05) is 17.8 Å². The molecule has 0 aliphatic heterocycles. The number of aryl methyl sites for hydroxylation is 2. The second-order valence-electron chi connectivity index (χ2n) is 4.70. The number of thiazole rings is 1. The van der Waals surface area contributed by atoms with Gasteiger partial charge in [-0.05, 0) is 43.5 Å². The molecule has 1 heterocycles. The van der Waals surface area contributed by atoms with E-state index in [2.05, 4.69) is 15.8 Å². The van der Waals surface area contributed by atoms with Crippen LogP contribution in [-0.2, 0) is 12.8 Å². The summed E-state index contributed by atoms with van der Waals surface area (Å²) >= 11 is 1.64. The third kappa shape index (κ3) is 3.83. The van der Waals surface area contributed by atoms with Crippen molar-refractivity contribution in [2.45, 2.75) is 32.7 Å². The van der Waals surface area contributed by atoms with Crippen molar-refractivity contribution in [1.29, 1.82) is 0 Å². The molecule has 0 spiro atoms. The Morgan fingerprint density at radius 2 is 2.16 bits per heavy atom. The van der Waals surface area contributed by atoms with Crippen molar-refractivity contribution < 1.29 is 4.39 Å². The molecular weight excluding hydrogens is 261 g/mol. The molecule has 0 amide bonds. The average Bonchev–Trinajstić information content (AvgIpc) is 2.77. The minimum atomic E-state index is -0.200. The van der Waals surface area contributed by atoms with Crippen LogP contribution in [0.15, 0.2) is 23.6 Å². The van der Waals surface area contributed by atoms with Gasteiger partial charge in [0.05, 0.1) is 10.7 Å². The molecule has 1 aromatic heterocycles. The van der Waals surface area contributed by atoms with Crippen LogP contribution in [0.2, 0.25) is 0 Å². The van der Waals surface area contributed by atoms with Gasteiger partial charge in [0.15, 0.2) is 0 Å². The van der Waals surface area contributed by atoms with Crippen molar-refractivity contribution in [2.24, 2.45) is 5.84 Å². The predicted octanol–water partition coefficient (Wildman–Crippen LogP) is 2.52. The lowest BCUT2D eigenvalue weighted by molar-refractivity contribution is 0.516. The summed E-state index contributed by atoms with van der Waals surface area (Å²) in [5.41, 5.74) is 5.93. The van der Waals surface area contributed by atoms with Crippen LogP contribution < -0.4 is 11.3 Å². The highest BCUT2D eigenvalue weighted by Crippen LogP contribution is 2.15. The van der Waals surface area contributed by atoms with E-state index >= 15 is 0 Å². The standard InChI is InChI=1S/C14H18FN3S/c1-9-5-12(15)4-3-11(9)6-13(18-16)7-14-8-19-10(2)17-14/h3-5,8,13,18H,6-7,16H2,1-2H3. The number of hydrogen-bond donors (Lipinski definition) is 2. The van der Waals surface area contributed by atoms with Gasteiger partial charge in [-0.1, -0.05) is 6.07 Å². The molecule has 1 aromatic carbocycles. The summed E-state index contributed by atoms with van der Waals surface area (Å²) in [7, 11) is 0. The summed E-state index contributed by atoms with van der Waals surface area (Å²) in [6.07, 6.45) is 1.54. The zero-order chi connectivity index (χ0) is 13.8. The Labute approximate surface area is 116 Å². The second-order valence-corrected chi connectivity index (χ2v) is 5.76. The van der Waals surface area contributed by atoms with Crippen LogP contribution in [0.5, 0.6) is 0 Å². The molecule has 3 N–H and O–H groups in total. The Kier molecular flexibility index (Phi) is 4.63. The van der Waals surface area contributed by atoms with Gasteiger partial charge in [0.25, 0.3) is 0 Å². The first kappa shape index (κ1) is 14.1. The van der Waals surface area contributed by atoms with E-state index in [4.69, 9.17) is 5.84 Å². The molecule has 0 aliphatic carbocycles. The van der Waals surface area contributed by atoms with Crippen molar-refractivity contribution in [2.75, 3.05) is 0 Å². The first-order valence-corrected chi connectivity index (χ1v) is 7.08. The summed E-state index contributed by atoms with van der Waals surface area (Å²) in [6, 6.07) is 4.96. The van der Waals surface area contributed by atoms with Crippen molar-refractivity contribution in [3.63, 3.8) is 0 Å². The fraction of sp³-hybridized carbons (Fsp3) is 0.357. The molecule has 19 heavy (non-hydrogen) atoms. The van der Waals surface area contributed by atoms with Crippen molar-refractivity contribution in [3.8, 4) is 0 Å². The van der Waals surface area contributed by atoms with Crippen LogP contribution in [0, 0.1) is 19.7 Å². The quantitative estimate of drug-likeness (QED) is 0.653. The van der Waals surface area contributed by atoms with Crippen LogP contribution in [0.1, 0.15) is 21.8 Å². The number of benzene rings is 1. The van der Waals surface area contributed by atoms with Gasteiger partial charge in [-0.15, -0.1) is 11.3 Å². The molecule has 3 nitrogen and oxygen atoms in total. The second kappa shape index (κ2) is 6.23. The summed E-state index contributed by atoms with van der Waals surface area (Å²) in [5.74, 6) is 5.41. The molecular formula is C14H18FN3S. The Morgan fingerprint density at radius 3 is 2.74 bits per heavy atom. The number of hydrazine groups is 1. The summed E-state index contributed by atoms with van der Waals surface area (Å²) < 4.78 is 13.1. The molecule has 5 heteroatoms. The lowest BCUT2D eigenvalue weighted by Gasteiger charge is -2.16. The molecule has 0 bridgehead atoms. The predicted molar refractivity (Wildman–Crippen MR) is 76.5 cm³/mol. The molecule has 1 unspecified atom stereocenters. The van der Waals surface area contributed by atoms with E-state index < -0.39 is 0 Å². The smallest absolute Gasteiger partial charge is 0.123 e. The highest BCUT2D eigenvalue weighted by Gasteiger charge is 2.12. The number of aromatic nitrogens is 1. The summed E-state index contributed by atoms with van der Waals surface area (Å²) in [4.78, 5) is 4.44. The van der Waals surface area contributed by atoms with E-state index in [1.165, 1.54) is 6.07 Å². The third-order valence-corrected chi connectivity index (χ3v) is 3.95. The SMILES string of the molecule is Cc1nc(CC(Cc2ccc(F)cc2C)NN)cs1. The molecule has 0 fully saturated rings. The van der Waals surface area contributed by atoms with E-state index in [0.29, 0.717) is 0 Å². The lowest BCUT2D eigenvalue weighted by atomic mass is 9.99. The largest absolute Gasteiger partial charge is 0.271 e. The minimum Gasteiger partial charge on any atom is -0.271 e. The normalized spacial score (nSPS) is 12.6. The monoisotopic (exact) mass is 279 g/mol. The Morgan fingerprint density at radius 1 is 1.37 bits per heavy atom. The number of nitrogens with one attached hydrogen (secondary N) is 1. The highest BCUT2D eigenvalue weighted by atomic mass is 32.1. The minimum absolute atomic E-state index is 0.102. The fourth-order valence-corrected chi connectivity index (χ4v) is 2.72. The zero-order valence-electron chi connectivity index (χ0n) is 11.1. The molecule has 0 saturated carbocycles. The number of nitrogens with zero attached hydrogens (tertiary/aromatic N) is 1. The lowest BCUT2D eigenvalue weighted by Crippen LogP contribution is -2.38. The van der Waals surface area contributed by atoms with Gasteiger partial charge in [-0.2, -0.15) is 0 Å². The fourth-order valence-electron chi connectivity index (χ4n) is 2.10. The van der Waals surface area contributed by atoms with Crippen LogP contribution in [0.4, 0.5) is 4.39 Å². The first-order valence-electron chi connectivity index (χ1n) is 6.20. The Hall–Kier alpha value is -1.30. The molecule has 0 radical (unpaired) electrons.